The number of aryl methyl sites for hydroxylation is 3. The summed E-state index contributed by atoms with van der Waals surface area (Å²) in [5.74, 6) is 2.78. The summed E-state index contributed by atoms with van der Waals surface area (Å²) in [7, 11) is 0. The number of benzene rings is 2. The first kappa shape index (κ1) is 30.6. The topological polar surface area (TPSA) is 35.0 Å². The smallest absolute Gasteiger partial charge is 0.497 e. The minimum absolute atomic E-state index is 0. The Kier molecular flexibility index (Phi) is 9.14. The van der Waals surface area contributed by atoms with Crippen molar-refractivity contribution in [2.75, 3.05) is 0 Å². The Hall–Kier alpha value is -2.77. The van der Waals surface area contributed by atoms with Gasteiger partial charge in [-0.25, -0.2) is 0 Å². The van der Waals surface area contributed by atoms with Crippen LogP contribution in [0.4, 0.5) is 0 Å². The molecule has 2 aliphatic carbocycles. The van der Waals surface area contributed by atoms with Gasteiger partial charge in [0.15, 0.2) is 0 Å². The van der Waals surface area contributed by atoms with Crippen LogP contribution < -0.4 is 4.74 Å². The Balaban J connectivity index is 0.00000468. The van der Waals surface area contributed by atoms with Crippen molar-refractivity contribution in [2.45, 2.75) is 112 Å². The standard InChI is InChI=1S/C42H50N2O.Pt/c1-27-18-39(43-25-29(27)3)34-19-33(31-12-15-41(5,6)16-13-31)21-36(22-34)45-35-11-9-10-32(20-35)40-23-38(30(4)26-44-40)37-14-17-42(7,8)24-28(37)2;/h9-11,18-19,21,23,25-26,28,31,37H,12-17,24H2,1-8H3;/q-2;+2/i3D3;. The normalized spacial score (nSPS) is 22.2. The molecule has 46 heavy (non-hydrogen) atoms. The first-order valence-electron chi connectivity index (χ1n) is 18.3. The zero-order valence-electron chi connectivity index (χ0n) is 31.5. The van der Waals surface area contributed by atoms with Crippen LogP contribution >= 0.6 is 0 Å². The molecule has 4 heteroatoms. The molecule has 2 aromatic carbocycles. The van der Waals surface area contributed by atoms with Crippen LogP contribution in [0.3, 0.4) is 0 Å². The monoisotopic (exact) mass is 796 g/mol. The molecule has 0 spiro atoms. The Morgan fingerprint density at radius 2 is 1.46 bits per heavy atom. The fourth-order valence-electron chi connectivity index (χ4n) is 7.70. The molecule has 0 saturated heterocycles. The van der Waals surface area contributed by atoms with Crippen molar-refractivity contribution in [1.82, 2.24) is 9.97 Å². The molecule has 0 N–H and O–H groups in total. The van der Waals surface area contributed by atoms with E-state index in [1.165, 1.54) is 55.0 Å². The van der Waals surface area contributed by atoms with Crippen LogP contribution in [0.5, 0.6) is 11.5 Å². The summed E-state index contributed by atoms with van der Waals surface area (Å²) >= 11 is 0. The quantitative estimate of drug-likeness (QED) is 0.182. The van der Waals surface area contributed by atoms with Crippen LogP contribution in [0.1, 0.15) is 123 Å². The molecular weight excluding hydrogens is 744 g/mol. The molecule has 2 unspecified atom stereocenters. The fraction of sp³-hybridized carbons (Fsp3) is 0.476. The average molecular weight is 797 g/mol. The number of hydrogen-bond acceptors (Lipinski definition) is 3. The summed E-state index contributed by atoms with van der Waals surface area (Å²) < 4.78 is 30.2. The summed E-state index contributed by atoms with van der Waals surface area (Å²) in [4.78, 5) is 9.43. The van der Waals surface area contributed by atoms with Crippen LogP contribution in [0, 0.1) is 49.6 Å². The molecule has 0 aliphatic heterocycles. The molecule has 0 radical (unpaired) electrons. The second-order valence-electron chi connectivity index (χ2n) is 15.5. The number of hydrogen-bond donors (Lipinski definition) is 0. The van der Waals surface area contributed by atoms with E-state index in [1.807, 2.05) is 31.3 Å². The van der Waals surface area contributed by atoms with Gasteiger partial charge >= 0.3 is 21.1 Å². The van der Waals surface area contributed by atoms with Gasteiger partial charge in [0.2, 0.25) is 0 Å². The second kappa shape index (κ2) is 13.8. The molecule has 0 bridgehead atoms. The van der Waals surface area contributed by atoms with Crippen molar-refractivity contribution in [2.24, 2.45) is 16.7 Å². The Labute approximate surface area is 296 Å². The maximum atomic E-state index is 7.88. The van der Waals surface area contributed by atoms with Gasteiger partial charge in [0.25, 0.3) is 0 Å². The second-order valence-corrected chi connectivity index (χ2v) is 15.5. The number of aromatic nitrogens is 2. The van der Waals surface area contributed by atoms with Gasteiger partial charge in [0.05, 0.1) is 0 Å². The number of nitrogens with zero attached hydrogens (tertiary/aromatic N) is 2. The van der Waals surface area contributed by atoms with Crippen molar-refractivity contribution in [3.8, 4) is 34.0 Å². The maximum absolute atomic E-state index is 7.88. The molecule has 2 atom stereocenters. The first-order chi connectivity index (χ1) is 22.6. The van der Waals surface area contributed by atoms with E-state index in [9.17, 15) is 0 Å². The zero-order chi connectivity index (χ0) is 34.4. The van der Waals surface area contributed by atoms with Crippen LogP contribution in [0.2, 0.25) is 0 Å². The van der Waals surface area contributed by atoms with Gasteiger partial charge in [0.1, 0.15) is 0 Å². The van der Waals surface area contributed by atoms with E-state index >= 15 is 0 Å². The fourth-order valence-corrected chi connectivity index (χ4v) is 7.70. The van der Waals surface area contributed by atoms with Gasteiger partial charge in [-0.05, 0) is 122 Å². The predicted molar refractivity (Wildman–Crippen MR) is 186 cm³/mol. The molecule has 3 nitrogen and oxygen atoms in total. The molecular formula is C42H50N2OPt. The van der Waals surface area contributed by atoms with Crippen molar-refractivity contribution in [3.63, 3.8) is 0 Å². The van der Waals surface area contributed by atoms with E-state index in [4.69, 9.17) is 13.8 Å². The first-order valence-corrected chi connectivity index (χ1v) is 16.8. The van der Waals surface area contributed by atoms with Gasteiger partial charge in [0, 0.05) is 28.0 Å². The van der Waals surface area contributed by atoms with Gasteiger partial charge in [-0.1, -0.05) is 70.5 Å². The molecule has 2 aromatic heterocycles. The Morgan fingerprint density at radius 1 is 0.783 bits per heavy atom. The minimum atomic E-state index is -2.20. The van der Waals surface area contributed by atoms with E-state index in [2.05, 4.69) is 82.9 Å². The number of pyridine rings is 2. The van der Waals surface area contributed by atoms with Crippen molar-refractivity contribution in [3.05, 3.63) is 94.8 Å². The summed E-state index contributed by atoms with van der Waals surface area (Å²) in [5, 5.41) is 0. The third kappa shape index (κ3) is 7.84. The summed E-state index contributed by atoms with van der Waals surface area (Å²) in [5.41, 5.74) is 8.89. The van der Waals surface area contributed by atoms with Crippen LogP contribution in [0.25, 0.3) is 22.5 Å². The van der Waals surface area contributed by atoms with Gasteiger partial charge in [-0.15, -0.1) is 41.0 Å². The Bertz CT molecular complexity index is 1790. The van der Waals surface area contributed by atoms with Crippen molar-refractivity contribution in [1.29, 1.82) is 0 Å². The zero-order valence-corrected chi connectivity index (χ0v) is 30.8. The summed E-state index contributed by atoms with van der Waals surface area (Å²) in [6.07, 6.45) is 11.7. The molecule has 2 fully saturated rings. The largest absolute Gasteiger partial charge is 2.00 e. The number of ether oxygens (including phenoxy) is 1. The van der Waals surface area contributed by atoms with E-state index < -0.39 is 6.85 Å². The summed E-state index contributed by atoms with van der Waals surface area (Å²) in [6.45, 7) is 13.7. The van der Waals surface area contributed by atoms with Gasteiger partial charge in [-0.3, -0.25) is 0 Å². The summed E-state index contributed by atoms with van der Waals surface area (Å²) in [6, 6.07) is 21.4. The van der Waals surface area contributed by atoms with E-state index in [1.54, 1.807) is 0 Å². The molecule has 0 amide bonds. The average Bonchev–Trinajstić information content (AvgIpc) is 3.00. The van der Waals surface area contributed by atoms with Crippen LogP contribution in [-0.4, -0.2) is 9.97 Å². The van der Waals surface area contributed by atoms with E-state index in [0.29, 0.717) is 51.3 Å². The minimum Gasteiger partial charge on any atom is -0.497 e. The van der Waals surface area contributed by atoms with E-state index in [0.717, 1.165) is 29.7 Å². The SMILES string of the molecule is [2H]C([2H])([2H])c1cnc(-c2[c-]c(Oc3[c-]c(-c4cc(C5CCC(C)(C)CC5C)c(C)cn4)ccc3)cc(C3CCC(C)(C)CC3)c2)cc1C.[Pt+2]. The molecule has 6 rings (SSSR count). The molecule has 244 valence electrons. The Morgan fingerprint density at radius 3 is 2.15 bits per heavy atom. The molecule has 2 aliphatic rings. The third-order valence-electron chi connectivity index (χ3n) is 10.6. The van der Waals surface area contributed by atoms with Crippen LogP contribution in [0.15, 0.2) is 54.9 Å². The molecule has 4 aromatic rings. The predicted octanol–water partition coefficient (Wildman–Crippen LogP) is 11.7. The molecule has 2 heterocycles. The van der Waals surface area contributed by atoms with Crippen molar-refractivity contribution < 1.29 is 29.9 Å². The van der Waals surface area contributed by atoms with Crippen molar-refractivity contribution >= 4 is 0 Å². The maximum Gasteiger partial charge on any atom is 2.00 e. The van der Waals surface area contributed by atoms with E-state index in [-0.39, 0.29) is 26.6 Å². The van der Waals surface area contributed by atoms with Gasteiger partial charge in [-0.2, -0.15) is 0 Å². The van der Waals surface area contributed by atoms with Gasteiger partial charge < -0.3 is 14.7 Å². The number of rotatable bonds is 6. The molecule has 2 saturated carbocycles. The van der Waals surface area contributed by atoms with Crippen LogP contribution in [-0.2, 0) is 21.1 Å². The third-order valence-corrected chi connectivity index (χ3v) is 10.6.